The first-order chi connectivity index (χ1) is 19.8. The van der Waals surface area contributed by atoms with Gasteiger partial charge in [-0.3, -0.25) is 4.79 Å². The van der Waals surface area contributed by atoms with Gasteiger partial charge in [0.25, 0.3) is 0 Å². The molecule has 2 atom stereocenters. The topological polar surface area (TPSA) is 154 Å². The molecule has 15 heteroatoms. The number of nitrogen functional groups attached to an aromatic ring is 1. The molecule has 0 aliphatic carbocycles. The molecule has 2 radical (unpaired) electrons. The van der Waals surface area contributed by atoms with Crippen LogP contribution in [0.25, 0.3) is 28.0 Å². The van der Waals surface area contributed by atoms with Crippen LogP contribution in [0.5, 0.6) is 0 Å². The minimum atomic E-state index is -3.81. The van der Waals surface area contributed by atoms with Gasteiger partial charge in [-0.05, 0) is 37.6 Å². The summed E-state index contributed by atoms with van der Waals surface area (Å²) in [6.45, 7) is 8.49. The van der Waals surface area contributed by atoms with Gasteiger partial charge in [-0.1, -0.05) is 18.7 Å². The summed E-state index contributed by atoms with van der Waals surface area (Å²) in [5.41, 5.74) is 5.75. The van der Waals surface area contributed by atoms with Crippen molar-refractivity contribution in [3.8, 4) is 16.9 Å². The monoisotopic (exact) mass is 605 g/mol. The number of quaternary nitrogens is 1. The van der Waals surface area contributed by atoms with Crippen LogP contribution in [0.15, 0.2) is 59.1 Å². The lowest BCUT2D eigenvalue weighted by atomic mass is 10.1. The Bertz CT molecular complexity index is 2020. The Balaban J connectivity index is 1.68. The van der Waals surface area contributed by atoms with Crippen molar-refractivity contribution in [3.05, 3.63) is 71.3 Å². The number of halogens is 1. The Morgan fingerprint density at radius 1 is 1.31 bits per heavy atom. The third kappa shape index (κ3) is 4.06. The SMILES string of the molecule is C=CC(=O)N1CC[N+]2(c3nc(=O)n(-c4c(C)cccc4S(C)(=O)=O)c4nc(-c5cncnc5N)c(F)cc34)[Si][C@@]2(C)C1. The van der Waals surface area contributed by atoms with E-state index in [0.717, 1.165) is 10.8 Å². The number of fused-ring (bicyclic) bond motifs is 2. The van der Waals surface area contributed by atoms with Crippen LogP contribution in [0.3, 0.4) is 0 Å². The third-order valence-electron chi connectivity index (χ3n) is 7.90. The standard InChI is InChI=1S/C27H26FN8O4SSi/c1-5-20(37)34-9-10-36(27(3,13-34)42-36)25-16-11-18(28)21(17-12-30-14-31-23(17)29)32-24(16)35(26(38)33-25)22-15(2)7-6-8-19(22)41(4,39)40/h5-8,11-12,14H,1,9-10,13H2,2-4H3,(H2,29,30,31)/q+1/t27-,36?/m0/s1. The lowest BCUT2D eigenvalue weighted by Gasteiger charge is -2.36. The van der Waals surface area contributed by atoms with Crippen LogP contribution in [0.4, 0.5) is 16.0 Å². The molecule has 3 aromatic heterocycles. The number of hydrogen-bond acceptors (Lipinski definition) is 9. The molecule has 2 fully saturated rings. The van der Waals surface area contributed by atoms with Crippen molar-refractivity contribution in [1.82, 2.24) is 33.6 Å². The number of aryl methyl sites for hydroxylation is 1. The number of amides is 1. The fraction of sp³-hybridized carbons (Fsp3) is 0.259. The number of sulfone groups is 1. The van der Waals surface area contributed by atoms with E-state index >= 15 is 4.39 Å². The number of carbonyl (C=O) groups is 1. The summed E-state index contributed by atoms with van der Waals surface area (Å²) >= 11 is 0. The highest BCUT2D eigenvalue weighted by Crippen LogP contribution is 2.49. The van der Waals surface area contributed by atoms with Gasteiger partial charge in [-0.2, -0.15) is 0 Å². The summed E-state index contributed by atoms with van der Waals surface area (Å²) in [4.78, 5) is 45.0. The minimum absolute atomic E-state index is 0.0139. The normalized spacial score (nSPS) is 21.7. The number of pyridine rings is 1. The first-order valence-electron chi connectivity index (χ1n) is 12.9. The van der Waals surface area contributed by atoms with Gasteiger partial charge >= 0.3 is 15.4 Å². The molecule has 0 saturated carbocycles. The van der Waals surface area contributed by atoms with Gasteiger partial charge in [-0.25, -0.2) is 37.1 Å². The number of aromatic nitrogens is 5. The van der Waals surface area contributed by atoms with E-state index in [9.17, 15) is 18.0 Å². The summed E-state index contributed by atoms with van der Waals surface area (Å²) in [5, 5.41) is -0.211. The van der Waals surface area contributed by atoms with Gasteiger partial charge in [0.1, 0.15) is 23.2 Å². The molecule has 1 aromatic carbocycles. The Labute approximate surface area is 242 Å². The van der Waals surface area contributed by atoms with Crippen molar-refractivity contribution in [3.63, 3.8) is 0 Å². The van der Waals surface area contributed by atoms with Gasteiger partial charge in [0.2, 0.25) is 11.7 Å². The predicted octanol–water partition coefficient (Wildman–Crippen LogP) is 1.36. The molecule has 2 saturated heterocycles. The van der Waals surface area contributed by atoms with Crippen LogP contribution in [0.1, 0.15) is 12.5 Å². The number of benzene rings is 1. The second kappa shape index (κ2) is 9.34. The number of carbonyl (C=O) groups excluding carboxylic acids is 1. The molecule has 2 aliphatic heterocycles. The van der Waals surface area contributed by atoms with Crippen molar-refractivity contribution in [2.75, 3.05) is 31.6 Å². The number of rotatable bonds is 5. The van der Waals surface area contributed by atoms with Gasteiger partial charge < -0.3 is 14.8 Å². The van der Waals surface area contributed by atoms with Crippen molar-refractivity contribution >= 4 is 48.1 Å². The average Bonchev–Trinajstić information content (AvgIpc) is 3.58. The molecule has 6 rings (SSSR count). The van der Waals surface area contributed by atoms with E-state index in [-0.39, 0.29) is 58.4 Å². The molecule has 0 bridgehead atoms. The molecule has 0 spiro atoms. The second-order valence-electron chi connectivity index (χ2n) is 10.6. The maximum Gasteiger partial charge on any atom is 0.471 e. The van der Waals surface area contributed by atoms with Gasteiger partial charge in [0, 0.05) is 12.5 Å². The Morgan fingerprint density at radius 3 is 2.74 bits per heavy atom. The fourth-order valence-corrected chi connectivity index (χ4v) is 8.54. The molecule has 42 heavy (non-hydrogen) atoms. The van der Waals surface area contributed by atoms with E-state index in [4.69, 9.17) is 5.73 Å². The van der Waals surface area contributed by atoms with Crippen LogP contribution in [0.2, 0.25) is 0 Å². The van der Waals surface area contributed by atoms with Crippen LogP contribution in [-0.2, 0) is 14.6 Å². The molecular formula is C27H26FN8O4SSi+. The molecule has 12 nitrogen and oxygen atoms in total. The summed E-state index contributed by atoms with van der Waals surface area (Å²) in [7, 11) is -3.56. The molecule has 2 N–H and O–H groups in total. The molecule has 1 unspecified atom stereocenters. The highest BCUT2D eigenvalue weighted by atomic mass is 32.2. The van der Waals surface area contributed by atoms with Crippen molar-refractivity contribution in [1.29, 1.82) is 0 Å². The number of nitrogens with zero attached hydrogens (tertiary/aromatic N) is 7. The Hall–Kier alpha value is -4.34. The summed E-state index contributed by atoms with van der Waals surface area (Å²) in [6.07, 6.45) is 4.85. The summed E-state index contributed by atoms with van der Waals surface area (Å²) in [5.74, 6) is -0.623. The fourth-order valence-electron chi connectivity index (χ4n) is 5.80. The lowest BCUT2D eigenvalue weighted by molar-refractivity contribution is -0.127. The quantitative estimate of drug-likeness (QED) is 0.202. The number of para-hydroxylation sites is 1. The first kappa shape index (κ1) is 27.8. The second-order valence-corrected chi connectivity index (χ2v) is 14.7. The van der Waals surface area contributed by atoms with Crippen molar-refractivity contribution in [2.45, 2.75) is 23.9 Å². The van der Waals surface area contributed by atoms with Gasteiger partial charge in [0.05, 0.1) is 35.8 Å². The first-order valence-corrected chi connectivity index (χ1v) is 15.7. The maximum atomic E-state index is 15.9. The van der Waals surface area contributed by atoms with Gasteiger partial charge in [-0.15, -0.1) is 4.98 Å². The molecule has 4 aromatic rings. The van der Waals surface area contributed by atoms with Crippen molar-refractivity contribution < 1.29 is 17.6 Å². The smallest absolute Gasteiger partial charge is 0.383 e. The molecular weight excluding hydrogens is 580 g/mol. The summed E-state index contributed by atoms with van der Waals surface area (Å²) < 4.78 is 43.0. The van der Waals surface area contributed by atoms with Crippen molar-refractivity contribution in [2.24, 2.45) is 0 Å². The van der Waals surface area contributed by atoms with Crippen LogP contribution in [-0.4, -0.2) is 84.5 Å². The zero-order valence-corrected chi connectivity index (χ0v) is 24.8. The molecule has 5 heterocycles. The Morgan fingerprint density at radius 2 is 2.07 bits per heavy atom. The summed E-state index contributed by atoms with van der Waals surface area (Å²) in [6, 6.07) is 5.90. The van der Waals surface area contributed by atoms with E-state index in [1.54, 1.807) is 24.0 Å². The van der Waals surface area contributed by atoms with Crippen LogP contribution in [0, 0.1) is 12.7 Å². The number of nitrogens with two attached hydrogens (primary N) is 1. The van der Waals surface area contributed by atoms with Gasteiger partial charge in [0.15, 0.2) is 26.5 Å². The largest absolute Gasteiger partial charge is 0.471 e. The molecule has 214 valence electrons. The lowest BCUT2D eigenvalue weighted by Crippen LogP contribution is -2.55. The third-order valence-corrected chi connectivity index (χ3v) is 11.1. The number of piperazine rings is 1. The van der Waals surface area contributed by atoms with E-state index in [1.165, 1.54) is 30.7 Å². The Kier molecular flexibility index (Phi) is 6.18. The maximum absolute atomic E-state index is 15.9. The minimum Gasteiger partial charge on any atom is -0.383 e. The number of hydrogen-bond donors (Lipinski definition) is 1. The zero-order valence-electron chi connectivity index (χ0n) is 23.0. The van der Waals surface area contributed by atoms with E-state index in [1.807, 2.05) is 6.92 Å². The average molecular weight is 606 g/mol. The van der Waals surface area contributed by atoms with E-state index in [2.05, 4.69) is 26.5 Å². The zero-order chi connectivity index (χ0) is 30.2. The van der Waals surface area contributed by atoms with E-state index in [0.29, 0.717) is 31.0 Å². The van der Waals surface area contributed by atoms with Crippen LogP contribution < -0.4 is 15.6 Å². The molecule has 2 aliphatic rings. The predicted molar refractivity (Wildman–Crippen MR) is 156 cm³/mol. The van der Waals surface area contributed by atoms with Crippen LogP contribution >= 0.6 is 0 Å². The highest BCUT2D eigenvalue weighted by Gasteiger charge is 2.75. The molecule has 1 amide bonds. The van der Waals surface area contributed by atoms with E-state index < -0.39 is 26.5 Å². The number of anilines is 1. The highest BCUT2D eigenvalue weighted by molar-refractivity contribution is 7.90.